The summed E-state index contributed by atoms with van der Waals surface area (Å²) >= 11 is 0. The lowest BCUT2D eigenvalue weighted by Crippen LogP contribution is -2.18. The molecule has 0 radical (unpaired) electrons. The molecule has 140 valence electrons. The maximum atomic E-state index is 5.82. The molecule has 0 amide bonds. The molecule has 1 saturated heterocycles. The van der Waals surface area contributed by atoms with Crippen LogP contribution >= 0.6 is 0 Å². The van der Waals surface area contributed by atoms with Crippen molar-refractivity contribution in [3.05, 3.63) is 0 Å². The SMILES string of the molecule is CC.CCCCC(C)CCC(C)C(C)CCC(C)C1CCCO1. The van der Waals surface area contributed by atoms with E-state index < -0.39 is 0 Å². The van der Waals surface area contributed by atoms with Gasteiger partial charge in [0.2, 0.25) is 0 Å². The van der Waals surface area contributed by atoms with Crippen molar-refractivity contribution in [2.24, 2.45) is 23.7 Å². The minimum atomic E-state index is 0.557. The molecule has 1 aliphatic heterocycles. The van der Waals surface area contributed by atoms with Crippen molar-refractivity contribution in [2.45, 2.75) is 112 Å². The Bertz CT molecular complexity index is 244. The van der Waals surface area contributed by atoms with Crippen LogP contribution in [-0.4, -0.2) is 12.7 Å². The minimum absolute atomic E-state index is 0.557. The molecule has 1 rings (SSSR count). The van der Waals surface area contributed by atoms with Crippen molar-refractivity contribution in [3.8, 4) is 0 Å². The van der Waals surface area contributed by atoms with E-state index in [1.807, 2.05) is 13.8 Å². The molecule has 1 aliphatic rings. The summed E-state index contributed by atoms with van der Waals surface area (Å²) in [5, 5.41) is 0. The summed E-state index contributed by atoms with van der Waals surface area (Å²) in [6.07, 6.45) is 12.9. The van der Waals surface area contributed by atoms with Crippen molar-refractivity contribution in [1.29, 1.82) is 0 Å². The molecule has 0 bridgehead atoms. The third-order valence-corrected chi connectivity index (χ3v) is 5.81. The standard InChI is InChI=1S/C20H40O.C2H6/c1-6-7-9-16(2)11-12-17(3)18(4)13-14-19(5)20-10-8-15-21-20;1-2/h16-20H,6-15H2,1-5H3;1-2H3. The fraction of sp³-hybridized carbons (Fsp3) is 1.00. The quantitative estimate of drug-likeness (QED) is 0.382. The van der Waals surface area contributed by atoms with E-state index >= 15 is 0 Å². The zero-order chi connectivity index (χ0) is 17.7. The molecule has 5 unspecified atom stereocenters. The van der Waals surface area contributed by atoms with Crippen molar-refractivity contribution >= 4 is 0 Å². The van der Waals surface area contributed by atoms with Crippen LogP contribution in [0.3, 0.4) is 0 Å². The summed E-state index contributed by atoms with van der Waals surface area (Å²) in [4.78, 5) is 0. The molecule has 1 nitrogen and oxygen atoms in total. The summed E-state index contributed by atoms with van der Waals surface area (Å²) in [5.41, 5.74) is 0. The lowest BCUT2D eigenvalue weighted by atomic mass is 9.83. The second kappa shape index (κ2) is 14.3. The molecule has 0 aromatic rings. The van der Waals surface area contributed by atoms with Gasteiger partial charge in [0, 0.05) is 6.61 Å². The monoisotopic (exact) mass is 326 g/mol. The van der Waals surface area contributed by atoms with Crippen LogP contribution in [-0.2, 0) is 4.74 Å². The first-order valence-corrected chi connectivity index (χ1v) is 10.7. The molecular formula is C22H46O. The number of ether oxygens (including phenoxy) is 1. The van der Waals surface area contributed by atoms with Gasteiger partial charge in [-0.3, -0.25) is 0 Å². The average Bonchev–Trinajstić information content (AvgIpc) is 3.11. The zero-order valence-corrected chi connectivity index (χ0v) is 17.4. The first-order chi connectivity index (χ1) is 11.0. The molecule has 0 aromatic carbocycles. The average molecular weight is 327 g/mol. The Morgan fingerprint density at radius 2 is 1.48 bits per heavy atom. The lowest BCUT2D eigenvalue weighted by molar-refractivity contribution is 0.0629. The number of hydrogen-bond donors (Lipinski definition) is 0. The maximum Gasteiger partial charge on any atom is 0.0601 e. The number of rotatable bonds is 11. The Balaban J connectivity index is 0.00000232. The molecule has 5 atom stereocenters. The van der Waals surface area contributed by atoms with Gasteiger partial charge in [0.15, 0.2) is 0 Å². The van der Waals surface area contributed by atoms with E-state index in [1.54, 1.807) is 0 Å². The molecule has 0 N–H and O–H groups in total. The Hall–Kier alpha value is -0.0400. The number of unbranched alkanes of at least 4 members (excludes halogenated alkanes) is 1. The van der Waals surface area contributed by atoms with Gasteiger partial charge in [-0.15, -0.1) is 0 Å². The summed E-state index contributed by atoms with van der Waals surface area (Å²) in [6.45, 7) is 17.0. The van der Waals surface area contributed by atoms with Crippen LogP contribution in [0.2, 0.25) is 0 Å². The molecule has 1 fully saturated rings. The van der Waals surface area contributed by atoms with Crippen LogP contribution in [0, 0.1) is 23.7 Å². The molecule has 0 aromatic heterocycles. The zero-order valence-electron chi connectivity index (χ0n) is 17.4. The predicted octanol–water partition coefficient (Wildman–Crippen LogP) is 7.49. The Morgan fingerprint density at radius 3 is 2.00 bits per heavy atom. The van der Waals surface area contributed by atoms with Crippen LogP contribution in [0.15, 0.2) is 0 Å². The van der Waals surface area contributed by atoms with Gasteiger partial charge in [-0.05, 0) is 42.9 Å². The highest BCUT2D eigenvalue weighted by Crippen LogP contribution is 2.29. The van der Waals surface area contributed by atoms with Gasteiger partial charge < -0.3 is 4.74 Å². The van der Waals surface area contributed by atoms with Crippen LogP contribution in [0.5, 0.6) is 0 Å². The third kappa shape index (κ3) is 10.4. The Kier molecular flexibility index (Phi) is 14.3. The first-order valence-electron chi connectivity index (χ1n) is 10.7. The largest absolute Gasteiger partial charge is 0.378 e. The Labute approximate surface area is 148 Å². The molecule has 1 heterocycles. The highest BCUT2D eigenvalue weighted by atomic mass is 16.5. The van der Waals surface area contributed by atoms with E-state index in [0.29, 0.717) is 6.10 Å². The summed E-state index contributed by atoms with van der Waals surface area (Å²) in [5.74, 6) is 3.43. The summed E-state index contributed by atoms with van der Waals surface area (Å²) in [6, 6.07) is 0. The second-order valence-corrected chi connectivity index (χ2v) is 7.89. The van der Waals surface area contributed by atoms with Crippen molar-refractivity contribution in [2.75, 3.05) is 6.61 Å². The Morgan fingerprint density at radius 1 is 0.870 bits per heavy atom. The van der Waals surface area contributed by atoms with Gasteiger partial charge in [0.05, 0.1) is 6.10 Å². The summed E-state index contributed by atoms with van der Waals surface area (Å²) in [7, 11) is 0. The lowest BCUT2D eigenvalue weighted by Gasteiger charge is -2.24. The van der Waals surface area contributed by atoms with Gasteiger partial charge in [0.25, 0.3) is 0 Å². The molecular weight excluding hydrogens is 280 g/mol. The first kappa shape index (κ1) is 23.0. The van der Waals surface area contributed by atoms with E-state index in [2.05, 4.69) is 34.6 Å². The number of hydrogen-bond acceptors (Lipinski definition) is 1. The molecule has 0 saturated carbocycles. The van der Waals surface area contributed by atoms with Gasteiger partial charge in [0.1, 0.15) is 0 Å². The van der Waals surface area contributed by atoms with Gasteiger partial charge in [-0.2, -0.15) is 0 Å². The van der Waals surface area contributed by atoms with E-state index in [1.165, 1.54) is 57.8 Å². The van der Waals surface area contributed by atoms with E-state index in [4.69, 9.17) is 4.74 Å². The van der Waals surface area contributed by atoms with E-state index in [-0.39, 0.29) is 0 Å². The summed E-state index contributed by atoms with van der Waals surface area (Å²) < 4.78 is 5.82. The predicted molar refractivity (Wildman–Crippen MR) is 105 cm³/mol. The van der Waals surface area contributed by atoms with Crippen molar-refractivity contribution in [3.63, 3.8) is 0 Å². The van der Waals surface area contributed by atoms with Gasteiger partial charge in [-0.1, -0.05) is 87.0 Å². The highest BCUT2D eigenvalue weighted by molar-refractivity contribution is 4.73. The minimum Gasteiger partial charge on any atom is -0.378 e. The molecule has 23 heavy (non-hydrogen) atoms. The van der Waals surface area contributed by atoms with Crippen LogP contribution < -0.4 is 0 Å². The van der Waals surface area contributed by atoms with Gasteiger partial charge in [-0.25, -0.2) is 0 Å². The van der Waals surface area contributed by atoms with Crippen LogP contribution in [0.4, 0.5) is 0 Å². The van der Waals surface area contributed by atoms with Crippen molar-refractivity contribution < 1.29 is 4.74 Å². The smallest absolute Gasteiger partial charge is 0.0601 e. The van der Waals surface area contributed by atoms with Crippen LogP contribution in [0.25, 0.3) is 0 Å². The van der Waals surface area contributed by atoms with E-state index in [0.717, 1.165) is 30.3 Å². The maximum absolute atomic E-state index is 5.82. The fourth-order valence-electron chi connectivity index (χ4n) is 3.58. The van der Waals surface area contributed by atoms with Crippen molar-refractivity contribution in [1.82, 2.24) is 0 Å². The molecule has 1 heteroatoms. The molecule has 0 aliphatic carbocycles. The van der Waals surface area contributed by atoms with E-state index in [9.17, 15) is 0 Å². The highest BCUT2D eigenvalue weighted by Gasteiger charge is 2.23. The van der Waals surface area contributed by atoms with Gasteiger partial charge >= 0.3 is 0 Å². The van der Waals surface area contributed by atoms with Crippen LogP contribution in [0.1, 0.15) is 106 Å². The fourth-order valence-corrected chi connectivity index (χ4v) is 3.58. The molecule has 0 spiro atoms. The third-order valence-electron chi connectivity index (χ3n) is 5.81. The normalized spacial score (nSPS) is 22.8. The topological polar surface area (TPSA) is 9.23 Å². The second-order valence-electron chi connectivity index (χ2n) is 7.89.